The summed E-state index contributed by atoms with van der Waals surface area (Å²) in [6, 6.07) is 11.5. The van der Waals surface area contributed by atoms with Crippen LogP contribution in [0, 0.1) is 0 Å². The fourth-order valence-electron chi connectivity index (χ4n) is 3.47. The molecule has 144 valence electrons. The van der Waals surface area contributed by atoms with Gasteiger partial charge >= 0.3 is 0 Å². The van der Waals surface area contributed by atoms with E-state index in [-0.39, 0.29) is 35.9 Å². The van der Waals surface area contributed by atoms with E-state index in [1.165, 1.54) is 17.0 Å². The number of methoxy groups -OCH3 is 1. The highest BCUT2D eigenvalue weighted by atomic mass is 16.5. The second-order valence-corrected chi connectivity index (χ2v) is 6.80. The standard InChI is InChI=1S/C21H20N2O5/c1-27-15-7-5-14(6-8-15)22-19(24)13-4-9-17-18(11-13)21(26)23(20(17)25)12-16-3-2-10-28-16/h4-9,11,16H,2-3,10,12H2,1H3,(H,22,24)/t16-/m1/s1. The molecule has 0 spiro atoms. The zero-order valence-electron chi connectivity index (χ0n) is 15.4. The number of anilines is 1. The summed E-state index contributed by atoms with van der Waals surface area (Å²) in [7, 11) is 1.57. The van der Waals surface area contributed by atoms with Crippen molar-refractivity contribution in [3.8, 4) is 5.75 Å². The average molecular weight is 380 g/mol. The van der Waals surface area contributed by atoms with Crippen LogP contribution in [0.3, 0.4) is 0 Å². The second kappa shape index (κ2) is 7.44. The van der Waals surface area contributed by atoms with E-state index in [1.807, 2.05) is 0 Å². The Balaban J connectivity index is 1.51. The number of nitrogens with zero attached hydrogens (tertiary/aromatic N) is 1. The molecule has 0 unspecified atom stereocenters. The fraction of sp³-hybridized carbons (Fsp3) is 0.286. The van der Waals surface area contributed by atoms with Crippen molar-refractivity contribution in [2.45, 2.75) is 18.9 Å². The number of carbonyl (C=O) groups is 3. The number of benzene rings is 2. The third-order valence-corrected chi connectivity index (χ3v) is 4.99. The smallest absolute Gasteiger partial charge is 0.261 e. The van der Waals surface area contributed by atoms with Crippen LogP contribution < -0.4 is 10.1 Å². The summed E-state index contributed by atoms with van der Waals surface area (Å²) >= 11 is 0. The Morgan fingerprint density at radius 1 is 1.14 bits per heavy atom. The highest BCUT2D eigenvalue weighted by molar-refractivity contribution is 6.22. The van der Waals surface area contributed by atoms with Gasteiger partial charge in [0.05, 0.1) is 30.9 Å². The number of imide groups is 1. The topological polar surface area (TPSA) is 84.9 Å². The van der Waals surface area contributed by atoms with Crippen LogP contribution in [0.4, 0.5) is 5.69 Å². The molecule has 1 fully saturated rings. The molecule has 0 saturated carbocycles. The van der Waals surface area contributed by atoms with Crippen LogP contribution in [0.25, 0.3) is 0 Å². The van der Waals surface area contributed by atoms with Crippen LogP contribution in [0.2, 0.25) is 0 Å². The summed E-state index contributed by atoms with van der Waals surface area (Å²) in [6.45, 7) is 0.906. The molecule has 2 aromatic carbocycles. The van der Waals surface area contributed by atoms with E-state index in [1.54, 1.807) is 37.4 Å². The average Bonchev–Trinajstić information content (AvgIpc) is 3.31. The number of carbonyl (C=O) groups excluding carboxylic acids is 3. The van der Waals surface area contributed by atoms with Crippen molar-refractivity contribution in [2.75, 3.05) is 25.6 Å². The Hall–Kier alpha value is -3.19. The lowest BCUT2D eigenvalue weighted by atomic mass is 10.1. The van der Waals surface area contributed by atoms with E-state index in [2.05, 4.69) is 5.32 Å². The summed E-state index contributed by atoms with van der Waals surface area (Å²) in [5.41, 5.74) is 1.50. The SMILES string of the molecule is COc1ccc(NC(=O)c2ccc3c(c2)C(=O)N(C[C@H]2CCCO2)C3=O)cc1. The molecule has 2 aromatic rings. The largest absolute Gasteiger partial charge is 0.497 e. The monoisotopic (exact) mass is 380 g/mol. The molecule has 2 heterocycles. The van der Waals surface area contributed by atoms with E-state index < -0.39 is 0 Å². The van der Waals surface area contributed by atoms with E-state index >= 15 is 0 Å². The molecule has 2 aliphatic heterocycles. The highest BCUT2D eigenvalue weighted by Crippen LogP contribution is 2.26. The molecule has 0 aromatic heterocycles. The molecule has 0 radical (unpaired) electrons. The molecule has 1 N–H and O–H groups in total. The van der Waals surface area contributed by atoms with Crippen molar-refractivity contribution in [3.05, 3.63) is 59.2 Å². The molecule has 1 atom stereocenters. The first-order valence-corrected chi connectivity index (χ1v) is 9.14. The Morgan fingerprint density at radius 3 is 2.57 bits per heavy atom. The second-order valence-electron chi connectivity index (χ2n) is 6.80. The Kier molecular flexibility index (Phi) is 4.83. The predicted octanol–water partition coefficient (Wildman–Crippen LogP) is 2.72. The van der Waals surface area contributed by atoms with E-state index in [0.717, 1.165) is 12.8 Å². The number of amides is 3. The molecule has 7 heteroatoms. The van der Waals surface area contributed by atoms with Gasteiger partial charge in [0.2, 0.25) is 0 Å². The molecular formula is C21H20N2O5. The minimum atomic E-state index is -0.380. The maximum atomic E-state index is 12.7. The highest BCUT2D eigenvalue weighted by Gasteiger charge is 2.37. The van der Waals surface area contributed by atoms with Gasteiger partial charge in [-0.25, -0.2) is 0 Å². The van der Waals surface area contributed by atoms with Gasteiger partial charge in [-0.05, 0) is 55.3 Å². The lowest BCUT2D eigenvalue weighted by Gasteiger charge is -2.17. The Bertz CT molecular complexity index is 932. The fourth-order valence-corrected chi connectivity index (χ4v) is 3.47. The Morgan fingerprint density at radius 2 is 1.89 bits per heavy atom. The lowest BCUT2D eigenvalue weighted by Crippen LogP contribution is -2.36. The van der Waals surface area contributed by atoms with E-state index in [0.29, 0.717) is 29.2 Å². The van der Waals surface area contributed by atoms with Gasteiger partial charge in [0.1, 0.15) is 5.75 Å². The number of rotatable bonds is 5. The molecule has 0 bridgehead atoms. The molecule has 2 aliphatic rings. The summed E-state index contributed by atoms with van der Waals surface area (Å²) < 4.78 is 10.6. The first kappa shape index (κ1) is 18.2. The van der Waals surface area contributed by atoms with Gasteiger partial charge in [-0.2, -0.15) is 0 Å². The number of hydrogen-bond donors (Lipinski definition) is 1. The number of nitrogens with one attached hydrogen (secondary N) is 1. The molecule has 28 heavy (non-hydrogen) atoms. The van der Waals surface area contributed by atoms with Crippen molar-refractivity contribution < 1.29 is 23.9 Å². The lowest BCUT2D eigenvalue weighted by molar-refractivity contribution is 0.0475. The third kappa shape index (κ3) is 3.36. The molecule has 0 aliphatic carbocycles. The van der Waals surface area contributed by atoms with Gasteiger partial charge < -0.3 is 14.8 Å². The molecule has 4 rings (SSSR count). The normalized spacial score (nSPS) is 18.3. The molecule has 3 amide bonds. The summed E-state index contributed by atoms with van der Waals surface area (Å²) in [5.74, 6) is -0.385. The maximum Gasteiger partial charge on any atom is 0.261 e. The number of hydrogen-bond acceptors (Lipinski definition) is 5. The van der Waals surface area contributed by atoms with Crippen LogP contribution >= 0.6 is 0 Å². The van der Waals surface area contributed by atoms with Crippen LogP contribution in [-0.4, -0.2) is 49.0 Å². The van der Waals surface area contributed by atoms with Gasteiger partial charge in [-0.1, -0.05) is 0 Å². The van der Waals surface area contributed by atoms with Crippen molar-refractivity contribution in [1.82, 2.24) is 4.90 Å². The zero-order chi connectivity index (χ0) is 19.7. The number of fused-ring (bicyclic) bond motifs is 1. The van der Waals surface area contributed by atoms with Crippen molar-refractivity contribution in [2.24, 2.45) is 0 Å². The summed E-state index contributed by atoms with van der Waals surface area (Å²) in [6.07, 6.45) is 1.66. The first-order valence-electron chi connectivity index (χ1n) is 9.14. The van der Waals surface area contributed by atoms with Crippen LogP contribution in [-0.2, 0) is 4.74 Å². The van der Waals surface area contributed by atoms with Crippen LogP contribution in [0.1, 0.15) is 43.9 Å². The minimum Gasteiger partial charge on any atom is -0.497 e. The maximum absolute atomic E-state index is 12.7. The number of ether oxygens (including phenoxy) is 2. The zero-order valence-corrected chi connectivity index (χ0v) is 15.4. The van der Waals surface area contributed by atoms with Crippen molar-refractivity contribution >= 4 is 23.4 Å². The third-order valence-electron chi connectivity index (χ3n) is 4.99. The van der Waals surface area contributed by atoms with E-state index in [9.17, 15) is 14.4 Å². The van der Waals surface area contributed by atoms with Crippen molar-refractivity contribution in [1.29, 1.82) is 0 Å². The summed E-state index contributed by atoms with van der Waals surface area (Å²) in [5, 5.41) is 2.77. The van der Waals surface area contributed by atoms with Gasteiger partial charge in [0.25, 0.3) is 17.7 Å². The van der Waals surface area contributed by atoms with Crippen LogP contribution in [0.15, 0.2) is 42.5 Å². The Labute approximate surface area is 162 Å². The van der Waals surface area contributed by atoms with Gasteiger partial charge in [0, 0.05) is 17.9 Å². The van der Waals surface area contributed by atoms with Gasteiger partial charge in [-0.15, -0.1) is 0 Å². The summed E-state index contributed by atoms with van der Waals surface area (Å²) in [4.78, 5) is 39.0. The van der Waals surface area contributed by atoms with E-state index in [4.69, 9.17) is 9.47 Å². The molecular weight excluding hydrogens is 360 g/mol. The minimum absolute atomic E-state index is 0.111. The predicted molar refractivity (Wildman–Crippen MR) is 102 cm³/mol. The molecule has 1 saturated heterocycles. The van der Waals surface area contributed by atoms with Crippen LogP contribution in [0.5, 0.6) is 5.75 Å². The van der Waals surface area contributed by atoms with Gasteiger partial charge in [0.15, 0.2) is 0 Å². The van der Waals surface area contributed by atoms with Gasteiger partial charge in [-0.3, -0.25) is 19.3 Å². The van der Waals surface area contributed by atoms with Crippen molar-refractivity contribution in [3.63, 3.8) is 0 Å². The molecule has 7 nitrogen and oxygen atoms in total. The quantitative estimate of drug-likeness (QED) is 0.807. The first-order chi connectivity index (χ1) is 13.6.